The number of hydrogen-bond acceptors (Lipinski definition) is 5. The van der Waals surface area contributed by atoms with Crippen LogP contribution in [-0.4, -0.2) is 25.3 Å². The van der Waals surface area contributed by atoms with Gasteiger partial charge in [-0.3, -0.25) is 4.55 Å². The largest absolute Gasteiger partial charge is 0.439 e. The predicted octanol–water partition coefficient (Wildman–Crippen LogP) is 5.51. The van der Waals surface area contributed by atoms with Crippen molar-refractivity contribution in [3.05, 3.63) is 70.4 Å². The number of allylic oxidation sites excluding steroid dienone is 2. The SMILES string of the molecule is CCC(=Cc1oc2ccc(C)cc2[n+]1CCCS(=O)(=O)O)C=C1Oc2ccc(Cl)cc2N1CC. The van der Waals surface area contributed by atoms with Crippen molar-refractivity contribution in [2.45, 2.75) is 40.2 Å². The van der Waals surface area contributed by atoms with E-state index < -0.39 is 10.1 Å². The summed E-state index contributed by atoms with van der Waals surface area (Å²) in [7, 11) is -4.03. The number of halogens is 1. The molecule has 0 spiro atoms. The number of benzene rings is 2. The van der Waals surface area contributed by atoms with E-state index in [1.807, 2.05) is 67.8 Å². The lowest BCUT2D eigenvalue weighted by atomic mass is 10.1. The summed E-state index contributed by atoms with van der Waals surface area (Å²) < 4.78 is 45.8. The molecular formula is C25H28ClN2O5S+. The fraction of sp³-hybridized carbons (Fsp3) is 0.320. The molecule has 0 aliphatic carbocycles. The molecule has 2 heterocycles. The number of anilines is 1. The topological polar surface area (TPSA) is 83.9 Å². The summed E-state index contributed by atoms with van der Waals surface area (Å²) in [6.45, 7) is 7.20. The monoisotopic (exact) mass is 503 g/mol. The van der Waals surface area contributed by atoms with Crippen LogP contribution in [0.3, 0.4) is 0 Å². The highest BCUT2D eigenvalue weighted by Crippen LogP contribution is 2.40. The Morgan fingerprint density at radius 1 is 1.21 bits per heavy atom. The molecule has 3 aromatic rings. The molecule has 0 atom stereocenters. The fourth-order valence-electron chi connectivity index (χ4n) is 4.02. The predicted molar refractivity (Wildman–Crippen MR) is 134 cm³/mol. The van der Waals surface area contributed by atoms with Crippen LogP contribution in [0.15, 0.2) is 58.3 Å². The third-order valence-corrected chi connectivity index (χ3v) is 6.74. The highest BCUT2D eigenvalue weighted by Gasteiger charge is 2.26. The van der Waals surface area contributed by atoms with Crippen molar-refractivity contribution in [1.82, 2.24) is 0 Å². The lowest BCUT2D eigenvalue weighted by Crippen LogP contribution is -2.36. The van der Waals surface area contributed by atoms with Gasteiger partial charge in [0.2, 0.25) is 11.5 Å². The van der Waals surface area contributed by atoms with E-state index in [2.05, 4.69) is 4.90 Å². The first-order valence-electron chi connectivity index (χ1n) is 11.2. The zero-order valence-corrected chi connectivity index (χ0v) is 21.0. The highest BCUT2D eigenvalue weighted by molar-refractivity contribution is 7.85. The Morgan fingerprint density at radius 3 is 2.71 bits per heavy atom. The molecule has 1 aliphatic heterocycles. The lowest BCUT2D eigenvalue weighted by Gasteiger charge is -2.16. The minimum absolute atomic E-state index is 0.262. The quantitative estimate of drug-likeness (QED) is 0.322. The second kappa shape index (κ2) is 9.82. The molecule has 4 rings (SSSR count). The number of ether oxygens (including phenoxy) is 1. The molecule has 0 saturated carbocycles. The van der Waals surface area contributed by atoms with E-state index in [1.165, 1.54) is 0 Å². The molecule has 7 nitrogen and oxygen atoms in total. The number of nitrogens with zero attached hydrogens (tertiary/aromatic N) is 2. The van der Waals surface area contributed by atoms with E-state index in [1.54, 1.807) is 6.07 Å². The first-order valence-corrected chi connectivity index (χ1v) is 13.2. The van der Waals surface area contributed by atoms with Gasteiger partial charge in [0.15, 0.2) is 12.3 Å². The second-order valence-corrected chi connectivity index (χ2v) is 10.2. The van der Waals surface area contributed by atoms with E-state index in [4.69, 9.17) is 25.3 Å². The van der Waals surface area contributed by atoms with Gasteiger partial charge in [-0.15, -0.1) is 0 Å². The molecule has 0 fully saturated rings. The minimum Gasteiger partial charge on any atom is -0.439 e. The standard InChI is InChI=1S/C25H27ClN2O5S/c1-4-18(14-24-27(5-2)21-16-19(26)8-10-23(21)32-24)15-25-28(11-6-12-34(29,30)31)20-13-17(3)7-9-22(20)33-25/h7-10,13-16H,4-6,11-12H2,1-3H3/p+1. The van der Waals surface area contributed by atoms with E-state index in [9.17, 15) is 8.42 Å². The summed E-state index contributed by atoms with van der Waals surface area (Å²) in [5.74, 6) is 1.75. The number of fused-ring (bicyclic) bond motifs is 2. The maximum absolute atomic E-state index is 11.2. The Labute approximate surface area is 204 Å². The number of aromatic nitrogens is 1. The summed E-state index contributed by atoms with van der Waals surface area (Å²) in [6, 6.07) is 11.4. The number of rotatable bonds is 8. The van der Waals surface area contributed by atoms with Crippen molar-refractivity contribution in [2.24, 2.45) is 0 Å². The summed E-state index contributed by atoms with van der Waals surface area (Å²) >= 11 is 6.19. The average molecular weight is 504 g/mol. The number of aryl methyl sites for hydroxylation is 2. The molecule has 0 amide bonds. The molecule has 34 heavy (non-hydrogen) atoms. The molecule has 0 radical (unpaired) electrons. The van der Waals surface area contributed by atoms with Crippen molar-refractivity contribution >= 4 is 44.6 Å². The van der Waals surface area contributed by atoms with Gasteiger partial charge in [-0.2, -0.15) is 13.0 Å². The molecule has 0 bridgehead atoms. The van der Waals surface area contributed by atoms with E-state index >= 15 is 0 Å². The Kier molecular flexibility index (Phi) is 7.02. The molecule has 1 N–H and O–H groups in total. The van der Waals surface area contributed by atoms with Gasteiger partial charge < -0.3 is 14.1 Å². The van der Waals surface area contributed by atoms with Gasteiger partial charge in [-0.1, -0.05) is 24.6 Å². The molecule has 0 unspecified atom stereocenters. The summed E-state index contributed by atoms with van der Waals surface area (Å²) in [6.07, 6.45) is 4.92. The van der Waals surface area contributed by atoms with Gasteiger partial charge in [0.25, 0.3) is 15.6 Å². The Balaban J connectivity index is 1.72. The van der Waals surface area contributed by atoms with Crippen molar-refractivity contribution in [3.8, 4) is 5.75 Å². The van der Waals surface area contributed by atoms with Gasteiger partial charge in [0.05, 0.1) is 17.5 Å². The fourth-order valence-corrected chi connectivity index (χ4v) is 4.69. The second-order valence-electron chi connectivity index (χ2n) is 8.22. The molecule has 2 aromatic carbocycles. The molecule has 9 heteroatoms. The minimum atomic E-state index is -4.03. The third kappa shape index (κ3) is 5.29. The Hall–Kier alpha value is -2.81. The smallest absolute Gasteiger partial charge is 0.374 e. The Bertz CT molecular complexity index is 1390. The maximum Gasteiger partial charge on any atom is 0.374 e. The maximum atomic E-state index is 11.2. The van der Waals surface area contributed by atoms with E-state index in [0.29, 0.717) is 28.9 Å². The summed E-state index contributed by atoms with van der Waals surface area (Å²) in [4.78, 5) is 2.06. The summed E-state index contributed by atoms with van der Waals surface area (Å²) in [5, 5.41) is 0.650. The summed E-state index contributed by atoms with van der Waals surface area (Å²) in [5.41, 5.74) is 4.56. The first-order chi connectivity index (χ1) is 16.2. The van der Waals surface area contributed by atoms with Crippen LogP contribution in [0.25, 0.3) is 17.2 Å². The van der Waals surface area contributed by atoms with Gasteiger partial charge >= 0.3 is 5.89 Å². The zero-order chi connectivity index (χ0) is 24.5. The molecule has 180 valence electrons. The van der Waals surface area contributed by atoms with Gasteiger partial charge in [0.1, 0.15) is 0 Å². The molecule has 1 aromatic heterocycles. The average Bonchev–Trinajstić information content (AvgIpc) is 3.29. The van der Waals surface area contributed by atoms with Crippen molar-refractivity contribution in [2.75, 3.05) is 17.2 Å². The highest BCUT2D eigenvalue weighted by atomic mass is 35.5. The van der Waals surface area contributed by atoms with Crippen molar-refractivity contribution in [3.63, 3.8) is 0 Å². The van der Waals surface area contributed by atoms with Crippen molar-refractivity contribution < 1.29 is 26.7 Å². The Morgan fingerprint density at radius 2 is 2.00 bits per heavy atom. The van der Waals surface area contributed by atoms with Crippen LogP contribution in [0.2, 0.25) is 5.02 Å². The molecular weight excluding hydrogens is 476 g/mol. The van der Waals surface area contributed by atoms with Gasteiger partial charge in [0, 0.05) is 30.1 Å². The van der Waals surface area contributed by atoms with Gasteiger partial charge in [-0.05, 0) is 55.7 Å². The van der Waals surface area contributed by atoms with Crippen LogP contribution in [0.1, 0.15) is 38.1 Å². The van der Waals surface area contributed by atoms with Crippen LogP contribution >= 0.6 is 11.6 Å². The van der Waals surface area contributed by atoms with Crippen LogP contribution < -0.4 is 14.2 Å². The third-order valence-electron chi connectivity index (χ3n) is 5.70. The number of hydrogen-bond donors (Lipinski definition) is 1. The lowest BCUT2D eigenvalue weighted by molar-refractivity contribution is -0.677. The van der Waals surface area contributed by atoms with Crippen molar-refractivity contribution in [1.29, 1.82) is 0 Å². The zero-order valence-electron chi connectivity index (χ0n) is 19.4. The van der Waals surface area contributed by atoms with Crippen LogP contribution in [0.4, 0.5) is 5.69 Å². The molecule has 0 saturated heterocycles. The van der Waals surface area contributed by atoms with Crippen LogP contribution in [0, 0.1) is 6.92 Å². The van der Waals surface area contributed by atoms with Crippen LogP contribution in [-0.2, 0) is 16.7 Å². The normalized spacial score (nSPS) is 15.3. The number of oxazole rings is 1. The van der Waals surface area contributed by atoms with Gasteiger partial charge in [-0.25, -0.2) is 0 Å². The van der Waals surface area contributed by atoms with Crippen LogP contribution in [0.5, 0.6) is 5.75 Å². The van der Waals surface area contributed by atoms with E-state index in [0.717, 1.165) is 41.1 Å². The molecule has 1 aliphatic rings. The first kappa shape index (κ1) is 24.3. The van der Waals surface area contributed by atoms with E-state index in [-0.39, 0.29) is 12.2 Å².